The minimum Gasteiger partial charge on any atom is -0.345 e. The summed E-state index contributed by atoms with van der Waals surface area (Å²) in [7, 11) is 0. The summed E-state index contributed by atoms with van der Waals surface area (Å²) in [4.78, 5) is 7.70. The molecule has 1 N–H and O–H groups in total. The van der Waals surface area contributed by atoms with E-state index in [1.807, 2.05) is 11.8 Å². The van der Waals surface area contributed by atoms with Crippen LogP contribution in [0.2, 0.25) is 0 Å². The zero-order chi connectivity index (χ0) is 12.1. The molecule has 0 spiro atoms. The molecule has 0 unspecified atom stereocenters. The molecule has 1 heterocycles. The Kier molecular flexibility index (Phi) is 6.00. The van der Waals surface area contributed by atoms with E-state index < -0.39 is 0 Å². The molecule has 5 heteroatoms. The van der Waals surface area contributed by atoms with Gasteiger partial charge in [-0.25, -0.2) is 4.98 Å². The number of aryl methyl sites for hydroxylation is 1. The van der Waals surface area contributed by atoms with Crippen molar-refractivity contribution in [2.75, 3.05) is 5.75 Å². The van der Waals surface area contributed by atoms with Crippen molar-refractivity contribution in [3.8, 4) is 0 Å². The highest BCUT2D eigenvalue weighted by Gasteiger charge is 2.05. The van der Waals surface area contributed by atoms with Gasteiger partial charge < -0.3 is 4.98 Å². The van der Waals surface area contributed by atoms with Crippen LogP contribution in [0.15, 0.2) is 4.47 Å². The Balaban J connectivity index is 2.74. The first kappa shape index (κ1) is 14.2. The van der Waals surface area contributed by atoms with Crippen molar-refractivity contribution in [2.24, 2.45) is 5.92 Å². The number of nitrogens with one attached hydrogen (secondary N) is 1. The van der Waals surface area contributed by atoms with Gasteiger partial charge in [-0.05, 0) is 34.0 Å². The van der Waals surface area contributed by atoms with Crippen LogP contribution in [0.25, 0.3) is 0 Å². The second-order valence-corrected chi connectivity index (χ2v) is 6.25. The van der Waals surface area contributed by atoms with Crippen LogP contribution < -0.4 is 0 Å². The highest BCUT2D eigenvalue weighted by molar-refractivity contribution is 9.10. The van der Waals surface area contributed by atoms with E-state index in [2.05, 4.69) is 46.7 Å². The Bertz CT molecular complexity index is 401. The van der Waals surface area contributed by atoms with Crippen molar-refractivity contribution in [3.63, 3.8) is 0 Å². The van der Waals surface area contributed by atoms with Gasteiger partial charge in [0.25, 0.3) is 0 Å². The molecule has 0 amide bonds. The molecule has 0 radical (unpaired) electrons. The summed E-state index contributed by atoms with van der Waals surface area (Å²) < 4.78 is 1.60. The first-order chi connectivity index (χ1) is 7.54. The van der Waals surface area contributed by atoms with Gasteiger partial charge in [-0.15, -0.1) is 0 Å². The summed E-state index contributed by atoms with van der Waals surface area (Å²) in [6.45, 7) is 6.56. The van der Waals surface area contributed by atoms with Gasteiger partial charge in [0, 0.05) is 5.69 Å². The molecule has 0 saturated carbocycles. The third kappa shape index (κ3) is 4.18. The van der Waals surface area contributed by atoms with E-state index in [1.165, 1.54) is 0 Å². The average molecular weight is 321 g/mol. The molecule has 1 rings (SSSR count). The fraction of sp³-hybridized carbons (Fsp3) is 0.636. The average Bonchev–Trinajstić information content (AvgIpc) is 2.22. The highest BCUT2D eigenvalue weighted by atomic mass is 79.9. The van der Waals surface area contributed by atoms with Gasteiger partial charge in [0.05, 0.1) is 10.2 Å². The van der Waals surface area contributed by atoms with Gasteiger partial charge >= 0.3 is 0 Å². The lowest BCUT2D eigenvalue weighted by atomic mass is 10.3. The predicted octanol–water partition coefficient (Wildman–Crippen LogP) is 4.35. The monoisotopic (exact) mass is 320 g/mol. The van der Waals surface area contributed by atoms with E-state index in [1.54, 1.807) is 0 Å². The van der Waals surface area contributed by atoms with E-state index in [9.17, 15) is 0 Å². The quantitative estimate of drug-likeness (QED) is 0.817. The van der Waals surface area contributed by atoms with E-state index >= 15 is 0 Å². The minimum atomic E-state index is 0.663. The largest absolute Gasteiger partial charge is 0.345 e. The molecule has 16 heavy (non-hydrogen) atoms. The van der Waals surface area contributed by atoms with Gasteiger partial charge in [-0.1, -0.05) is 33.0 Å². The summed E-state index contributed by atoms with van der Waals surface area (Å²) in [5.74, 6) is 3.76. The van der Waals surface area contributed by atoms with E-state index in [-0.39, 0.29) is 0 Å². The maximum atomic E-state index is 5.21. The van der Waals surface area contributed by atoms with Gasteiger partial charge in [-0.2, -0.15) is 11.8 Å². The number of hydrogen-bond acceptors (Lipinski definition) is 3. The maximum Gasteiger partial charge on any atom is 0.144 e. The normalized spacial score (nSPS) is 11.1. The summed E-state index contributed by atoms with van der Waals surface area (Å²) in [5, 5.41) is 0. The van der Waals surface area contributed by atoms with Crippen molar-refractivity contribution in [3.05, 3.63) is 20.6 Å². The first-order valence-corrected chi connectivity index (χ1v) is 7.75. The Morgan fingerprint density at radius 1 is 1.50 bits per heavy atom. The van der Waals surface area contributed by atoms with Crippen molar-refractivity contribution in [2.45, 2.75) is 32.9 Å². The third-order valence-corrected chi connectivity index (χ3v) is 4.82. The molecule has 90 valence electrons. The molecule has 0 saturated heterocycles. The molecule has 0 aliphatic rings. The number of rotatable bonds is 5. The van der Waals surface area contributed by atoms with Crippen molar-refractivity contribution >= 4 is 39.9 Å². The predicted molar refractivity (Wildman–Crippen MR) is 77.5 cm³/mol. The van der Waals surface area contributed by atoms with Crippen LogP contribution in [0.3, 0.4) is 0 Å². The smallest absolute Gasteiger partial charge is 0.144 e. The lowest BCUT2D eigenvalue weighted by Crippen LogP contribution is -2.01. The first-order valence-electron chi connectivity index (χ1n) is 5.39. The third-order valence-electron chi connectivity index (χ3n) is 2.03. The Hall–Kier alpha value is 0.130. The minimum absolute atomic E-state index is 0.663. The Labute approximate surface area is 115 Å². The standard InChI is InChI=1S/C11H17BrN2S2/c1-4-8-10(12)11(15)14-9(13-8)6-16-5-7(2)3/h7H,4-6H2,1-3H3,(H,13,14,15). The van der Waals surface area contributed by atoms with E-state index in [0.29, 0.717) is 10.6 Å². The van der Waals surface area contributed by atoms with Crippen LogP contribution in [0.5, 0.6) is 0 Å². The number of aromatic nitrogens is 2. The fourth-order valence-electron chi connectivity index (χ4n) is 1.26. The summed E-state index contributed by atoms with van der Waals surface area (Å²) >= 11 is 10.6. The number of halogens is 1. The maximum absolute atomic E-state index is 5.21. The zero-order valence-corrected chi connectivity index (χ0v) is 13.1. The molecular formula is C11H17BrN2S2. The number of nitrogens with zero attached hydrogens (tertiary/aromatic N) is 1. The molecule has 0 atom stereocenters. The molecule has 0 fully saturated rings. The van der Waals surface area contributed by atoms with Crippen molar-refractivity contribution in [1.82, 2.24) is 9.97 Å². The molecule has 0 aromatic carbocycles. The van der Waals surface area contributed by atoms with Crippen LogP contribution in [0.4, 0.5) is 0 Å². The van der Waals surface area contributed by atoms with Crippen LogP contribution in [-0.2, 0) is 12.2 Å². The Morgan fingerprint density at radius 3 is 2.75 bits per heavy atom. The molecule has 1 aromatic heterocycles. The van der Waals surface area contributed by atoms with Crippen LogP contribution >= 0.6 is 39.9 Å². The second kappa shape index (κ2) is 6.77. The zero-order valence-electron chi connectivity index (χ0n) is 9.84. The highest BCUT2D eigenvalue weighted by Crippen LogP contribution is 2.19. The Morgan fingerprint density at radius 2 is 2.19 bits per heavy atom. The SMILES string of the molecule is CCc1[nH]c(CSCC(C)C)nc(=S)c1Br. The van der Waals surface area contributed by atoms with E-state index in [4.69, 9.17) is 12.2 Å². The lowest BCUT2D eigenvalue weighted by molar-refractivity contribution is 0.749. The van der Waals surface area contributed by atoms with Crippen molar-refractivity contribution in [1.29, 1.82) is 0 Å². The van der Waals surface area contributed by atoms with E-state index in [0.717, 1.165) is 33.9 Å². The van der Waals surface area contributed by atoms with Gasteiger partial charge in [0.2, 0.25) is 0 Å². The van der Waals surface area contributed by atoms with Gasteiger partial charge in [-0.3, -0.25) is 0 Å². The number of thioether (sulfide) groups is 1. The topological polar surface area (TPSA) is 28.7 Å². The summed E-state index contributed by atoms with van der Waals surface area (Å²) in [6.07, 6.45) is 0.939. The molecule has 2 nitrogen and oxygen atoms in total. The molecule has 0 aliphatic carbocycles. The number of hydrogen-bond donors (Lipinski definition) is 1. The lowest BCUT2D eigenvalue weighted by Gasteiger charge is -2.07. The number of H-pyrrole nitrogens is 1. The number of aromatic amines is 1. The van der Waals surface area contributed by atoms with Crippen LogP contribution in [0, 0.1) is 10.6 Å². The molecule has 0 bridgehead atoms. The van der Waals surface area contributed by atoms with Gasteiger partial charge in [0.1, 0.15) is 10.5 Å². The fourth-order valence-corrected chi connectivity index (χ4v) is 2.88. The van der Waals surface area contributed by atoms with Crippen LogP contribution in [-0.4, -0.2) is 15.7 Å². The van der Waals surface area contributed by atoms with Gasteiger partial charge in [0.15, 0.2) is 0 Å². The molecule has 0 aliphatic heterocycles. The van der Waals surface area contributed by atoms with Crippen molar-refractivity contribution < 1.29 is 0 Å². The molecular weight excluding hydrogens is 304 g/mol. The second-order valence-electron chi connectivity index (χ2n) is 4.04. The molecule has 1 aromatic rings. The summed E-state index contributed by atoms with van der Waals surface area (Å²) in [6, 6.07) is 0. The summed E-state index contributed by atoms with van der Waals surface area (Å²) in [5.41, 5.74) is 1.14. The van der Waals surface area contributed by atoms with Crippen LogP contribution in [0.1, 0.15) is 32.3 Å².